The molecule has 0 heterocycles. The van der Waals surface area contributed by atoms with Gasteiger partial charge in [-0.2, -0.15) is 0 Å². The predicted octanol–water partition coefficient (Wildman–Crippen LogP) is 4.75. The van der Waals surface area contributed by atoms with Crippen molar-refractivity contribution in [2.45, 2.75) is 52.1 Å². The molecule has 5 heteroatoms. The van der Waals surface area contributed by atoms with Crippen LogP contribution in [0.3, 0.4) is 0 Å². The molecule has 0 aromatic heterocycles. The lowest BCUT2D eigenvalue weighted by Gasteiger charge is -2.21. The van der Waals surface area contributed by atoms with E-state index in [1.807, 2.05) is 88.4 Å². The maximum absolute atomic E-state index is 5.84. The zero-order valence-electron chi connectivity index (χ0n) is 18.0. The summed E-state index contributed by atoms with van der Waals surface area (Å²) in [6.07, 6.45) is -0.0617. The molecule has 0 N–H and O–H groups in total. The van der Waals surface area contributed by atoms with Gasteiger partial charge in [0.05, 0.1) is 38.1 Å². The number of para-hydroxylation sites is 2. The van der Waals surface area contributed by atoms with Gasteiger partial charge in [0.1, 0.15) is 24.2 Å². The molecule has 5 nitrogen and oxygen atoms in total. The van der Waals surface area contributed by atoms with Crippen molar-refractivity contribution in [3.63, 3.8) is 0 Å². The molecule has 0 spiro atoms. The normalized spacial score (nSPS) is 15.3. The number of rotatable bonds is 14. The molecule has 0 aliphatic rings. The maximum Gasteiger partial charge on any atom is 0.119 e. The Morgan fingerprint density at radius 2 is 0.931 bits per heavy atom. The Kier molecular flexibility index (Phi) is 10.6. The average Bonchev–Trinajstić information content (AvgIpc) is 2.74. The predicted molar refractivity (Wildman–Crippen MR) is 115 cm³/mol. The molecule has 0 amide bonds. The first-order valence-corrected chi connectivity index (χ1v) is 10.3. The van der Waals surface area contributed by atoms with Crippen LogP contribution >= 0.6 is 0 Å². The van der Waals surface area contributed by atoms with Crippen LogP contribution in [-0.2, 0) is 14.2 Å². The van der Waals surface area contributed by atoms with Crippen LogP contribution in [0, 0.1) is 0 Å². The average molecular weight is 403 g/mol. The molecule has 0 saturated heterocycles. The first-order chi connectivity index (χ1) is 14.0. The molecule has 0 bridgehead atoms. The Hall–Kier alpha value is -2.08. The lowest BCUT2D eigenvalue weighted by molar-refractivity contribution is -0.0798. The molecule has 0 saturated carbocycles. The minimum atomic E-state index is -0.0222. The molecule has 4 unspecified atom stereocenters. The molecule has 29 heavy (non-hydrogen) atoms. The Bertz CT molecular complexity index is 649. The lowest BCUT2D eigenvalue weighted by Crippen LogP contribution is -2.29. The zero-order valence-corrected chi connectivity index (χ0v) is 18.0. The third-order valence-corrected chi connectivity index (χ3v) is 4.15. The molecule has 0 radical (unpaired) electrons. The molecule has 0 aliphatic heterocycles. The van der Waals surface area contributed by atoms with Crippen molar-refractivity contribution in [1.82, 2.24) is 0 Å². The number of hydrogen-bond donors (Lipinski definition) is 0. The molecular formula is C24H34O5. The lowest BCUT2D eigenvalue weighted by atomic mass is 10.3. The zero-order chi connectivity index (χ0) is 20.9. The summed E-state index contributed by atoms with van der Waals surface area (Å²) in [7, 11) is 0. The summed E-state index contributed by atoms with van der Waals surface area (Å²) in [6, 6.07) is 19.5. The Morgan fingerprint density at radius 3 is 1.45 bits per heavy atom. The topological polar surface area (TPSA) is 46.2 Å². The van der Waals surface area contributed by atoms with Gasteiger partial charge in [-0.3, -0.25) is 0 Å². The highest BCUT2D eigenvalue weighted by Crippen LogP contribution is 2.12. The molecule has 0 fully saturated rings. The van der Waals surface area contributed by atoms with Gasteiger partial charge in [-0.25, -0.2) is 0 Å². The van der Waals surface area contributed by atoms with E-state index in [1.54, 1.807) is 0 Å². The summed E-state index contributed by atoms with van der Waals surface area (Å²) < 4.78 is 29.0. The van der Waals surface area contributed by atoms with Gasteiger partial charge in [0.2, 0.25) is 0 Å². The Labute approximate surface area is 174 Å². The van der Waals surface area contributed by atoms with Gasteiger partial charge in [-0.05, 0) is 52.0 Å². The van der Waals surface area contributed by atoms with Crippen molar-refractivity contribution in [3.8, 4) is 11.5 Å². The third-order valence-electron chi connectivity index (χ3n) is 4.15. The van der Waals surface area contributed by atoms with E-state index in [1.165, 1.54) is 0 Å². The van der Waals surface area contributed by atoms with Crippen molar-refractivity contribution in [2.24, 2.45) is 0 Å². The van der Waals surface area contributed by atoms with E-state index < -0.39 is 0 Å². The monoisotopic (exact) mass is 402 g/mol. The minimum absolute atomic E-state index is 0.00841. The second kappa shape index (κ2) is 13.2. The Balaban J connectivity index is 1.52. The van der Waals surface area contributed by atoms with E-state index in [0.717, 1.165) is 11.5 Å². The van der Waals surface area contributed by atoms with Crippen molar-refractivity contribution < 1.29 is 23.7 Å². The molecule has 2 aromatic carbocycles. The fourth-order valence-electron chi connectivity index (χ4n) is 2.54. The van der Waals surface area contributed by atoms with Crippen LogP contribution in [0.15, 0.2) is 60.7 Å². The third kappa shape index (κ3) is 10.3. The van der Waals surface area contributed by atoms with Crippen molar-refractivity contribution in [2.75, 3.05) is 26.4 Å². The summed E-state index contributed by atoms with van der Waals surface area (Å²) in [5, 5.41) is 0. The quantitative estimate of drug-likeness (QED) is 0.456. The largest absolute Gasteiger partial charge is 0.491 e. The van der Waals surface area contributed by atoms with E-state index in [-0.39, 0.29) is 24.4 Å². The van der Waals surface area contributed by atoms with E-state index in [9.17, 15) is 0 Å². The first kappa shape index (κ1) is 23.2. The SMILES string of the molecule is CC(COc1ccccc1)OCC(C)OCC(C)OCC(C)Oc1ccccc1. The second-order valence-electron chi connectivity index (χ2n) is 7.30. The molecular weight excluding hydrogens is 368 g/mol. The van der Waals surface area contributed by atoms with E-state index >= 15 is 0 Å². The maximum atomic E-state index is 5.84. The molecule has 2 aromatic rings. The van der Waals surface area contributed by atoms with E-state index in [2.05, 4.69) is 0 Å². The van der Waals surface area contributed by atoms with Gasteiger partial charge in [0.25, 0.3) is 0 Å². The van der Waals surface area contributed by atoms with Crippen LogP contribution in [-0.4, -0.2) is 50.8 Å². The van der Waals surface area contributed by atoms with Gasteiger partial charge in [-0.1, -0.05) is 36.4 Å². The standard InChI is InChI=1S/C24H34O5/c1-19(15-26-21(3)17-28-23-11-7-5-8-12-23)25-16-20(2)27-18-22(4)29-24-13-9-6-10-14-24/h5-14,19-22H,15-18H2,1-4H3. The number of hydrogen-bond acceptors (Lipinski definition) is 5. The van der Waals surface area contributed by atoms with Crippen LogP contribution in [0.5, 0.6) is 11.5 Å². The van der Waals surface area contributed by atoms with Gasteiger partial charge in [-0.15, -0.1) is 0 Å². The summed E-state index contributed by atoms with van der Waals surface area (Å²) in [5.41, 5.74) is 0. The van der Waals surface area contributed by atoms with Crippen LogP contribution in [0.4, 0.5) is 0 Å². The fraction of sp³-hybridized carbons (Fsp3) is 0.500. The second-order valence-corrected chi connectivity index (χ2v) is 7.30. The van der Waals surface area contributed by atoms with E-state index in [0.29, 0.717) is 26.4 Å². The summed E-state index contributed by atoms with van der Waals surface area (Å²) in [5.74, 6) is 1.70. The fourth-order valence-corrected chi connectivity index (χ4v) is 2.54. The molecule has 160 valence electrons. The minimum Gasteiger partial charge on any atom is -0.491 e. The molecule has 0 aliphatic carbocycles. The van der Waals surface area contributed by atoms with Crippen LogP contribution < -0.4 is 9.47 Å². The number of benzene rings is 2. The first-order valence-electron chi connectivity index (χ1n) is 10.3. The smallest absolute Gasteiger partial charge is 0.119 e. The highest BCUT2D eigenvalue weighted by molar-refractivity contribution is 5.21. The highest BCUT2D eigenvalue weighted by atomic mass is 16.6. The van der Waals surface area contributed by atoms with Gasteiger partial charge < -0.3 is 23.7 Å². The van der Waals surface area contributed by atoms with Crippen LogP contribution in [0.2, 0.25) is 0 Å². The van der Waals surface area contributed by atoms with Crippen molar-refractivity contribution in [1.29, 1.82) is 0 Å². The highest BCUT2D eigenvalue weighted by Gasteiger charge is 2.12. The van der Waals surface area contributed by atoms with Crippen LogP contribution in [0.1, 0.15) is 27.7 Å². The van der Waals surface area contributed by atoms with Gasteiger partial charge in [0, 0.05) is 0 Å². The van der Waals surface area contributed by atoms with Crippen LogP contribution in [0.25, 0.3) is 0 Å². The van der Waals surface area contributed by atoms with E-state index in [4.69, 9.17) is 23.7 Å². The van der Waals surface area contributed by atoms with Crippen molar-refractivity contribution in [3.05, 3.63) is 60.7 Å². The molecule has 2 rings (SSSR count). The summed E-state index contributed by atoms with van der Waals surface area (Å²) >= 11 is 0. The summed E-state index contributed by atoms with van der Waals surface area (Å²) in [6.45, 7) is 10.0. The summed E-state index contributed by atoms with van der Waals surface area (Å²) in [4.78, 5) is 0. The Morgan fingerprint density at radius 1 is 0.517 bits per heavy atom. The molecule has 4 atom stereocenters. The van der Waals surface area contributed by atoms with Gasteiger partial charge >= 0.3 is 0 Å². The van der Waals surface area contributed by atoms with Gasteiger partial charge in [0.15, 0.2) is 0 Å². The van der Waals surface area contributed by atoms with Crippen molar-refractivity contribution >= 4 is 0 Å². The number of ether oxygens (including phenoxy) is 5.